The summed E-state index contributed by atoms with van der Waals surface area (Å²) in [4.78, 5) is 23.5. The van der Waals surface area contributed by atoms with Crippen molar-refractivity contribution in [1.82, 2.24) is 4.72 Å². The average Bonchev–Trinajstić information content (AvgIpc) is 3.38. The summed E-state index contributed by atoms with van der Waals surface area (Å²) in [5, 5.41) is 5.30. The number of sulfonamides is 1. The number of benzene rings is 2. The molecule has 0 atom stereocenters. The second-order valence-corrected chi connectivity index (χ2v) is 7.85. The maximum absolute atomic E-state index is 12.3. The first-order chi connectivity index (χ1) is 12.3. The molecule has 136 valence electrons. The van der Waals surface area contributed by atoms with Gasteiger partial charge in [0.2, 0.25) is 15.9 Å². The zero-order valence-electron chi connectivity index (χ0n) is 14.2. The summed E-state index contributed by atoms with van der Waals surface area (Å²) in [6, 6.07) is 12.5. The quantitative estimate of drug-likeness (QED) is 0.723. The van der Waals surface area contributed by atoms with Gasteiger partial charge in [-0.15, -0.1) is 0 Å². The Bertz CT molecular complexity index is 935. The summed E-state index contributed by atoms with van der Waals surface area (Å²) in [6.45, 7) is 1.40. The lowest BCUT2D eigenvalue weighted by molar-refractivity contribution is -0.114. The van der Waals surface area contributed by atoms with Gasteiger partial charge in [0.15, 0.2) is 0 Å². The van der Waals surface area contributed by atoms with Crippen LogP contribution in [0.15, 0.2) is 53.4 Å². The molecule has 1 aliphatic rings. The van der Waals surface area contributed by atoms with Crippen LogP contribution in [0.3, 0.4) is 0 Å². The van der Waals surface area contributed by atoms with E-state index < -0.39 is 10.0 Å². The van der Waals surface area contributed by atoms with Gasteiger partial charge in [-0.3, -0.25) is 9.59 Å². The van der Waals surface area contributed by atoms with Gasteiger partial charge in [0.25, 0.3) is 5.91 Å². The molecule has 26 heavy (non-hydrogen) atoms. The zero-order chi connectivity index (χ0) is 18.7. The fourth-order valence-electron chi connectivity index (χ4n) is 2.34. The lowest BCUT2D eigenvalue weighted by atomic mass is 10.2. The van der Waals surface area contributed by atoms with E-state index in [2.05, 4.69) is 15.4 Å². The van der Waals surface area contributed by atoms with Gasteiger partial charge < -0.3 is 10.6 Å². The van der Waals surface area contributed by atoms with Crippen molar-refractivity contribution in [3.05, 3.63) is 54.1 Å². The van der Waals surface area contributed by atoms with Crippen LogP contribution in [0.1, 0.15) is 30.1 Å². The van der Waals surface area contributed by atoms with E-state index in [0.29, 0.717) is 16.9 Å². The van der Waals surface area contributed by atoms with Crippen molar-refractivity contribution in [2.45, 2.75) is 30.7 Å². The van der Waals surface area contributed by atoms with Crippen LogP contribution in [0.2, 0.25) is 0 Å². The molecule has 7 nitrogen and oxygen atoms in total. The first-order valence-corrected chi connectivity index (χ1v) is 9.63. The molecule has 8 heteroatoms. The molecule has 2 amide bonds. The summed E-state index contributed by atoms with van der Waals surface area (Å²) in [5.41, 5.74) is 1.37. The molecular weight excluding hydrogens is 354 g/mol. The number of carbonyl (C=O) groups excluding carboxylic acids is 2. The Kier molecular flexibility index (Phi) is 5.06. The van der Waals surface area contributed by atoms with Gasteiger partial charge in [0.1, 0.15) is 0 Å². The molecule has 2 aromatic carbocycles. The van der Waals surface area contributed by atoms with Crippen molar-refractivity contribution in [2.75, 3.05) is 10.6 Å². The predicted octanol–water partition coefficient (Wildman–Crippen LogP) is 2.34. The monoisotopic (exact) mass is 373 g/mol. The highest BCUT2D eigenvalue weighted by Gasteiger charge is 2.28. The Balaban J connectivity index is 1.71. The van der Waals surface area contributed by atoms with Crippen molar-refractivity contribution in [3.63, 3.8) is 0 Å². The van der Waals surface area contributed by atoms with Crippen molar-refractivity contribution in [1.29, 1.82) is 0 Å². The Morgan fingerprint density at radius 3 is 2.27 bits per heavy atom. The molecule has 2 aromatic rings. The summed E-state index contributed by atoms with van der Waals surface area (Å²) in [6.07, 6.45) is 1.70. The van der Waals surface area contributed by atoms with E-state index in [4.69, 9.17) is 0 Å². The molecule has 0 unspecified atom stereocenters. The van der Waals surface area contributed by atoms with Crippen LogP contribution >= 0.6 is 0 Å². The largest absolute Gasteiger partial charge is 0.326 e. The van der Waals surface area contributed by atoms with E-state index >= 15 is 0 Å². The third-order valence-electron chi connectivity index (χ3n) is 3.77. The minimum Gasteiger partial charge on any atom is -0.326 e. The van der Waals surface area contributed by atoms with Crippen LogP contribution in [0.25, 0.3) is 0 Å². The molecular formula is C18H19N3O4S. The Hall–Kier alpha value is -2.71. The van der Waals surface area contributed by atoms with E-state index in [1.165, 1.54) is 19.1 Å². The third-order valence-corrected chi connectivity index (χ3v) is 5.29. The highest BCUT2D eigenvalue weighted by Crippen LogP contribution is 2.23. The second kappa shape index (κ2) is 7.27. The minimum absolute atomic E-state index is 0.0142. The molecule has 0 aliphatic heterocycles. The number of amides is 2. The van der Waals surface area contributed by atoms with Crippen LogP contribution in [0, 0.1) is 0 Å². The lowest BCUT2D eigenvalue weighted by Gasteiger charge is -2.09. The van der Waals surface area contributed by atoms with Crippen molar-refractivity contribution >= 4 is 33.2 Å². The fraction of sp³-hybridized carbons (Fsp3) is 0.222. The highest BCUT2D eigenvalue weighted by atomic mass is 32.2. The first kappa shape index (κ1) is 18.1. The van der Waals surface area contributed by atoms with E-state index in [1.54, 1.807) is 36.4 Å². The number of anilines is 2. The molecule has 0 saturated heterocycles. The standard InChI is InChI=1S/C18H19N3O4S/c1-12(22)19-14-7-5-13(6-8-14)18(23)20-16-3-2-4-17(11-16)26(24,25)21-15-9-10-15/h2-8,11,15,21H,9-10H2,1H3,(H,19,22)(H,20,23). The predicted molar refractivity (Wildman–Crippen MR) is 98.5 cm³/mol. The van der Waals surface area contributed by atoms with E-state index in [-0.39, 0.29) is 22.8 Å². The Labute approximate surface area is 151 Å². The number of carbonyl (C=O) groups is 2. The van der Waals surface area contributed by atoms with Gasteiger partial charge in [-0.1, -0.05) is 6.07 Å². The number of hydrogen-bond donors (Lipinski definition) is 3. The van der Waals surface area contributed by atoms with Gasteiger partial charge in [0, 0.05) is 29.9 Å². The van der Waals surface area contributed by atoms with Crippen LogP contribution in [0.4, 0.5) is 11.4 Å². The average molecular weight is 373 g/mol. The van der Waals surface area contributed by atoms with Crippen LogP contribution in [-0.2, 0) is 14.8 Å². The van der Waals surface area contributed by atoms with Gasteiger partial charge in [-0.25, -0.2) is 13.1 Å². The number of rotatable bonds is 6. The van der Waals surface area contributed by atoms with E-state index in [0.717, 1.165) is 12.8 Å². The van der Waals surface area contributed by atoms with Crippen LogP contribution in [0.5, 0.6) is 0 Å². The topological polar surface area (TPSA) is 104 Å². The molecule has 1 fully saturated rings. The Morgan fingerprint density at radius 2 is 1.65 bits per heavy atom. The molecule has 3 rings (SSSR count). The van der Waals surface area contributed by atoms with Crippen molar-refractivity contribution in [2.24, 2.45) is 0 Å². The maximum atomic E-state index is 12.3. The third kappa shape index (κ3) is 4.68. The molecule has 1 saturated carbocycles. The minimum atomic E-state index is -3.58. The van der Waals surface area contributed by atoms with Crippen molar-refractivity contribution < 1.29 is 18.0 Å². The van der Waals surface area contributed by atoms with Gasteiger partial charge >= 0.3 is 0 Å². The molecule has 0 bridgehead atoms. The summed E-state index contributed by atoms with van der Waals surface area (Å²) in [7, 11) is -3.58. The smallest absolute Gasteiger partial charge is 0.255 e. The molecule has 0 heterocycles. The highest BCUT2D eigenvalue weighted by molar-refractivity contribution is 7.89. The van der Waals surface area contributed by atoms with Crippen LogP contribution < -0.4 is 15.4 Å². The molecule has 0 aromatic heterocycles. The molecule has 1 aliphatic carbocycles. The SMILES string of the molecule is CC(=O)Nc1ccc(C(=O)Nc2cccc(S(=O)(=O)NC3CC3)c2)cc1. The first-order valence-electron chi connectivity index (χ1n) is 8.15. The normalized spacial score (nSPS) is 13.9. The number of nitrogens with one attached hydrogen (secondary N) is 3. The molecule has 3 N–H and O–H groups in total. The van der Waals surface area contributed by atoms with Crippen LogP contribution in [-0.4, -0.2) is 26.3 Å². The van der Waals surface area contributed by atoms with E-state index in [9.17, 15) is 18.0 Å². The second-order valence-electron chi connectivity index (χ2n) is 6.14. The van der Waals surface area contributed by atoms with Gasteiger partial charge in [-0.05, 0) is 55.3 Å². The van der Waals surface area contributed by atoms with E-state index in [1.807, 2.05) is 0 Å². The van der Waals surface area contributed by atoms with Gasteiger partial charge in [0.05, 0.1) is 4.90 Å². The van der Waals surface area contributed by atoms with Gasteiger partial charge in [-0.2, -0.15) is 0 Å². The fourth-order valence-corrected chi connectivity index (χ4v) is 3.69. The summed E-state index contributed by atoms with van der Waals surface area (Å²) < 4.78 is 27.1. The lowest BCUT2D eigenvalue weighted by Crippen LogP contribution is -2.25. The molecule has 0 radical (unpaired) electrons. The molecule has 0 spiro atoms. The number of hydrogen-bond acceptors (Lipinski definition) is 4. The Morgan fingerprint density at radius 1 is 0.962 bits per heavy atom. The summed E-state index contributed by atoms with van der Waals surface area (Å²) in [5.74, 6) is -0.566. The maximum Gasteiger partial charge on any atom is 0.255 e. The van der Waals surface area contributed by atoms with Crippen molar-refractivity contribution in [3.8, 4) is 0 Å². The summed E-state index contributed by atoms with van der Waals surface area (Å²) >= 11 is 0. The zero-order valence-corrected chi connectivity index (χ0v) is 15.0.